The van der Waals surface area contributed by atoms with Crippen molar-refractivity contribution in [1.29, 1.82) is 0 Å². The Labute approximate surface area is 165 Å². The van der Waals surface area contributed by atoms with E-state index in [-0.39, 0.29) is 18.4 Å². The van der Waals surface area contributed by atoms with Gasteiger partial charge in [-0.05, 0) is 48.2 Å². The minimum atomic E-state index is -0.441. The van der Waals surface area contributed by atoms with E-state index in [1.54, 1.807) is 24.3 Å². The molecule has 2 rings (SSSR count). The standard InChI is InChI=1S/C22H26N2O4/c1-5-16-8-7-9-17(6-2)21(16)24(15(3)25)14-20(26)23-19-12-10-18(11-13-19)22(27)28-4/h7-13H,5-6,14H2,1-4H3,(H,23,26). The number of hydrogen-bond donors (Lipinski definition) is 1. The van der Waals surface area contributed by atoms with Crippen molar-refractivity contribution < 1.29 is 19.1 Å². The molecule has 2 amide bonds. The summed E-state index contributed by atoms with van der Waals surface area (Å²) in [7, 11) is 1.31. The molecule has 0 radical (unpaired) electrons. The van der Waals surface area contributed by atoms with Gasteiger partial charge in [0, 0.05) is 12.6 Å². The molecule has 0 fully saturated rings. The summed E-state index contributed by atoms with van der Waals surface area (Å²) in [6, 6.07) is 12.3. The molecule has 0 saturated carbocycles. The van der Waals surface area contributed by atoms with E-state index in [0.29, 0.717) is 11.3 Å². The summed E-state index contributed by atoms with van der Waals surface area (Å²) in [4.78, 5) is 37.9. The summed E-state index contributed by atoms with van der Waals surface area (Å²) in [5.41, 5.74) is 3.82. The average molecular weight is 382 g/mol. The van der Waals surface area contributed by atoms with Crippen molar-refractivity contribution in [1.82, 2.24) is 0 Å². The molecule has 0 saturated heterocycles. The van der Waals surface area contributed by atoms with Crippen molar-refractivity contribution in [3.8, 4) is 0 Å². The maximum Gasteiger partial charge on any atom is 0.337 e. The summed E-state index contributed by atoms with van der Waals surface area (Å²) in [5, 5.41) is 2.77. The Bertz CT molecular complexity index is 837. The molecule has 6 heteroatoms. The third-order valence-corrected chi connectivity index (χ3v) is 4.51. The van der Waals surface area contributed by atoms with Crippen LogP contribution in [0.3, 0.4) is 0 Å². The number of hydrogen-bond acceptors (Lipinski definition) is 4. The lowest BCUT2D eigenvalue weighted by atomic mass is 10.0. The quantitative estimate of drug-likeness (QED) is 0.743. The van der Waals surface area contributed by atoms with Gasteiger partial charge in [-0.3, -0.25) is 9.59 Å². The van der Waals surface area contributed by atoms with E-state index in [2.05, 4.69) is 10.1 Å². The first-order valence-corrected chi connectivity index (χ1v) is 9.28. The SMILES string of the molecule is CCc1cccc(CC)c1N(CC(=O)Nc1ccc(C(=O)OC)cc1)C(C)=O. The summed E-state index contributed by atoms with van der Waals surface area (Å²) in [5.74, 6) is -0.940. The second kappa shape index (κ2) is 9.69. The maximum atomic E-state index is 12.6. The largest absolute Gasteiger partial charge is 0.465 e. The van der Waals surface area contributed by atoms with Crippen molar-refractivity contribution in [3.05, 3.63) is 59.2 Å². The normalized spacial score (nSPS) is 10.3. The van der Waals surface area contributed by atoms with Gasteiger partial charge in [0.25, 0.3) is 0 Å². The number of para-hydroxylation sites is 1. The molecule has 2 aromatic carbocycles. The third kappa shape index (κ3) is 4.97. The van der Waals surface area contributed by atoms with Crippen LogP contribution in [0.4, 0.5) is 11.4 Å². The first kappa shape index (κ1) is 21.2. The smallest absolute Gasteiger partial charge is 0.337 e. The van der Waals surface area contributed by atoms with Gasteiger partial charge in [-0.1, -0.05) is 32.0 Å². The zero-order chi connectivity index (χ0) is 20.7. The lowest BCUT2D eigenvalue weighted by Gasteiger charge is -2.26. The van der Waals surface area contributed by atoms with Crippen molar-refractivity contribution in [2.24, 2.45) is 0 Å². The molecule has 6 nitrogen and oxygen atoms in total. The van der Waals surface area contributed by atoms with Crippen LogP contribution in [0, 0.1) is 0 Å². The predicted octanol–water partition coefficient (Wildman–Crippen LogP) is 3.59. The lowest BCUT2D eigenvalue weighted by molar-refractivity contribution is -0.120. The van der Waals surface area contributed by atoms with Crippen LogP contribution in [-0.2, 0) is 27.2 Å². The number of rotatable bonds is 7. The molecule has 0 aliphatic heterocycles. The first-order chi connectivity index (χ1) is 13.4. The molecule has 0 aliphatic rings. The molecule has 0 aliphatic carbocycles. The van der Waals surface area contributed by atoms with E-state index in [1.165, 1.54) is 18.9 Å². The number of methoxy groups -OCH3 is 1. The number of benzene rings is 2. The van der Waals surface area contributed by atoms with Crippen LogP contribution in [0.25, 0.3) is 0 Å². The Morgan fingerprint density at radius 3 is 2.00 bits per heavy atom. The highest BCUT2D eigenvalue weighted by atomic mass is 16.5. The zero-order valence-electron chi connectivity index (χ0n) is 16.7. The lowest BCUT2D eigenvalue weighted by Crippen LogP contribution is -2.38. The van der Waals surface area contributed by atoms with E-state index in [0.717, 1.165) is 29.7 Å². The van der Waals surface area contributed by atoms with E-state index in [9.17, 15) is 14.4 Å². The fourth-order valence-corrected chi connectivity index (χ4v) is 3.06. The highest BCUT2D eigenvalue weighted by molar-refractivity contribution is 6.02. The molecule has 0 bridgehead atoms. The van der Waals surface area contributed by atoms with Crippen LogP contribution >= 0.6 is 0 Å². The Balaban J connectivity index is 2.20. The summed E-state index contributed by atoms with van der Waals surface area (Å²) < 4.78 is 4.66. The van der Waals surface area contributed by atoms with Gasteiger partial charge in [0.2, 0.25) is 11.8 Å². The van der Waals surface area contributed by atoms with E-state index in [4.69, 9.17) is 0 Å². The van der Waals surface area contributed by atoms with Gasteiger partial charge in [0.15, 0.2) is 0 Å². The molecular formula is C22H26N2O4. The highest BCUT2D eigenvalue weighted by Crippen LogP contribution is 2.27. The van der Waals surface area contributed by atoms with Gasteiger partial charge in [-0.25, -0.2) is 4.79 Å². The van der Waals surface area contributed by atoms with Gasteiger partial charge < -0.3 is 15.0 Å². The third-order valence-electron chi connectivity index (χ3n) is 4.51. The molecule has 148 valence electrons. The van der Waals surface area contributed by atoms with Crippen molar-refractivity contribution in [3.63, 3.8) is 0 Å². The van der Waals surface area contributed by atoms with Crippen LogP contribution in [0.5, 0.6) is 0 Å². The molecule has 0 spiro atoms. The van der Waals surface area contributed by atoms with Crippen LogP contribution in [0.15, 0.2) is 42.5 Å². The number of nitrogens with one attached hydrogen (secondary N) is 1. The fourth-order valence-electron chi connectivity index (χ4n) is 3.06. The van der Waals surface area contributed by atoms with Crippen LogP contribution in [0.2, 0.25) is 0 Å². The summed E-state index contributed by atoms with van der Waals surface area (Å²) >= 11 is 0. The van der Waals surface area contributed by atoms with Gasteiger partial charge in [0.05, 0.1) is 18.4 Å². The Kier molecular flexibility index (Phi) is 7.32. The van der Waals surface area contributed by atoms with Gasteiger partial charge in [-0.2, -0.15) is 0 Å². The minimum absolute atomic E-state index is 0.0852. The number of aryl methyl sites for hydroxylation is 2. The van der Waals surface area contributed by atoms with Gasteiger partial charge in [-0.15, -0.1) is 0 Å². The van der Waals surface area contributed by atoms with E-state index < -0.39 is 5.97 Å². The number of nitrogens with zero attached hydrogens (tertiary/aromatic N) is 1. The number of amides is 2. The minimum Gasteiger partial charge on any atom is -0.465 e. The monoisotopic (exact) mass is 382 g/mol. The topological polar surface area (TPSA) is 75.7 Å². The van der Waals surface area contributed by atoms with Crippen molar-refractivity contribution in [2.45, 2.75) is 33.6 Å². The highest BCUT2D eigenvalue weighted by Gasteiger charge is 2.21. The number of esters is 1. The molecule has 0 unspecified atom stereocenters. The maximum absolute atomic E-state index is 12.6. The zero-order valence-corrected chi connectivity index (χ0v) is 16.7. The Hall–Kier alpha value is -3.15. The van der Waals surface area contributed by atoms with E-state index in [1.807, 2.05) is 32.0 Å². The second-order valence-electron chi connectivity index (χ2n) is 6.35. The molecule has 0 aromatic heterocycles. The molecule has 0 heterocycles. The number of carbonyl (C=O) groups excluding carboxylic acids is 3. The number of anilines is 2. The van der Waals surface area contributed by atoms with Gasteiger partial charge in [0.1, 0.15) is 6.54 Å². The first-order valence-electron chi connectivity index (χ1n) is 9.28. The van der Waals surface area contributed by atoms with E-state index >= 15 is 0 Å². The number of ether oxygens (including phenoxy) is 1. The van der Waals surface area contributed by atoms with Crippen LogP contribution in [0.1, 0.15) is 42.3 Å². The Morgan fingerprint density at radius 2 is 1.54 bits per heavy atom. The molecule has 0 atom stereocenters. The molecule has 2 aromatic rings. The average Bonchev–Trinajstić information content (AvgIpc) is 2.71. The van der Waals surface area contributed by atoms with Crippen molar-refractivity contribution >= 4 is 29.2 Å². The fraction of sp³-hybridized carbons (Fsp3) is 0.318. The predicted molar refractivity (Wildman–Crippen MR) is 110 cm³/mol. The molecule has 1 N–H and O–H groups in total. The van der Waals surface area contributed by atoms with Crippen LogP contribution in [-0.4, -0.2) is 31.4 Å². The summed E-state index contributed by atoms with van der Waals surface area (Å²) in [6.45, 7) is 5.43. The molecular weight excluding hydrogens is 356 g/mol. The van der Waals surface area contributed by atoms with Crippen molar-refractivity contribution in [2.75, 3.05) is 23.9 Å². The molecule has 28 heavy (non-hydrogen) atoms. The summed E-state index contributed by atoms with van der Waals surface area (Å²) in [6.07, 6.45) is 1.53. The van der Waals surface area contributed by atoms with Crippen LogP contribution < -0.4 is 10.2 Å². The second-order valence-corrected chi connectivity index (χ2v) is 6.35. The Morgan fingerprint density at radius 1 is 0.964 bits per heavy atom. The number of carbonyl (C=O) groups is 3. The van der Waals surface area contributed by atoms with Gasteiger partial charge >= 0.3 is 5.97 Å².